The first-order valence-electron chi connectivity index (χ1n) is 12.1. The first kappa shape index (κ1) is 32.0. The summed E-state index contributed by atoms with van der Waals surface area (Å²) in [4.78, 5) is 0. The molecule has 30 heavy (non-hydrogen) atoms. The highest BCUT2D eigenvalue weighted by Crippen LogP contribution is 2.15. The van der Waals surface area contributed by atoms with Crippen LogP contribution < -0.4 is 0 Å². The lowest BCUT2D eigenvalue weighted by Gasteiger charge is -2.27. The first-order valence-corrected chi connectivity index (χ1v) is 13.5. The Balaban J connectivity index is 0. The summed E-state index contributed by atoms with van der Waals surface area (Å²) in [6.07, 6.45) is 23.8. The molecule has 0 spiro atoms. The van der Waals surface area contributed by atoms with E-state index in [1.54, 1.807) is 0 Å². The fourth-order valence-electron chi connectivity index (χ4n) is 3.30. The van der Waals surface area contributed by atoms with Gasteiger partial charge in [0, 0.05) is 6.42 Å². The van der Waals surface area contributed by atoms with Crippen LogP contribution in [-0.4, -0.2) is 50.1 Å². The van der Waals surface area contributed by atoms with E-state index < -0.39 is 10.4 Å². The maximum atomic E-state index is 9.85. The van der Waals surface area contributed by atoms with Crippen LogP contribution in [0.4, 0.5) is 0 Å². The molecule has 0 aliphatic rings. The number of unbranched alkanes of at least 4 members (excludes halogenated alkanes) is 15. The molecule has 6 nitrogen and oxygen atoms in total. The van der Waals surface area contributed by atoms with Crippen molar-refractivity contribution in [2.24, 2.45) is 0 Å². The second-order valence-corrected chi connectivity index (χ2v) is 10.1. The zero-order valence-corrected chi connectivity index (χ0v) is 21.4. The van der Waals surface area contributed by atoms with Crippen molar-refractivity contribution in [1.29, 1.82) is 0 Å². The average molecular weight is 454 g/mol. The van der Waals surface area contributed by atoms with Crippen LogP contribution in [0.1, 0.15) is 123 Å². The SMILES string of the molecule is CCCCCCCCCCCCCCCCCCC(C)[N+](C)(C)O.COS(=O)(=O)[O-]. The van der Waals surface area contributed by atoms with Gasteiger partial charge in [0.05, 0.1) is 21.2 Å². The van der Waals surface area contributed by atoms with Crippen LogP contribution in [-0.2, 0) is 14.6 Å². The van der Waals surface area contributed by atoms with Crippen molar-refractivity contribution in [3.05, 3.63) is 0 Å². The highest BCUT2D eigenvalue weighted by atomic mass is 32.3. The average Bonchev–Trinajstić information content (AvgIpc) is 2.66. The summed E-state index contributed by atoms with van der Waals surface area (Å²) in [6.45, 7) is 4.43. The Bertz CT molecular complexity index is 449. The van der Waals surface area contributed by atoms with Crippen LogP contribution in [0.5, 0.6) is 0 Å². The van der Waals surface area contributed by atoms with Crippen LogP contribution in [0.2, 0.25) is 0 Å². The Kier molecular flexibility index (Phi) is 22.0. The molecular formula is C23H51NO5S. The molecule has 0 aliphatic heterocycles. The van der Waals surface area contributed by atoms with Gasteiger partial charge in [0.2, 0.25) is 10.4 Å². The van der Waals surface area contributed by atoms with Crippen molar-refractivity contribution >= 4 is 10.4 Å². The van der Waals surface area contributed by atoms with E-state index in [9.17, 15) is 18.2 Å². The molecule has 0 rings (SSSR count). The van der Waals surface area contributed by atoms with E-state index in [0.29, 0.717) is 6.04 Å². The largest absolute Gasteiger partial charge is 0.726 e. The summed E-state index contributed by atoms with van der Waals surface area (Å²) >= 11 is 0. The van der Waals surface area contributed by atoms with E-state index in [1.807, 2.05) is 14.1 Å². The van der Waals surface area contributed by atoms with Gasteiger partial charge in [-0.25, -0.2) is 13.6 Å². The van der Waals surface area contributed by atoms with Gasteiger partial charge < -0.3 is 4.55 Å². The minimum Gasteiger partial charge on any atom is -0.726 e. The van der Waals surface area contributed by atoms with Gasteiger partial charge in [0.1, 0.15) is 6.04 Å². The normalized spacial score (nSPS) is 13.0. The number of rotatable bonds is 19. The number of quaternary nitrogens is 1. The Morgan fingerprint density at radius 2 is 1.03 bits per heavy atom. The van der Waals surface area contributed by atoms with E-state index in [-0.39, 0.29) is 4.65 Å². The van der Waals surface area contributed by atoms with Crippen LogP contribution >= 0.6 is 0 Å². The molecular weight excluding hydrogens is 402 g/mol. The van der Waals surface area contributed by atoms with Crippen molar-refractivity contribution in [3.8, 4) is 0 Å². The number of hydrogen-bond donors (Lipinski definition) is 1. The predicted molar refractivity (Wildman–Crippen MR) is 124 cm³/mol. The maximum absolute atomic E-state index is 9.85. The number of hydroxylamine groups is 3. The van der Waals surface area contributed by atoms with Gasteiger partial charge in [-0.2, -0.15) is 4.65 Å². The zero-order valence-electron chi connectivity index (χ0n) is 20.5. The highest BCUT2D eigenvalue weighted by molar-refractivity contribution is 7.80. The summed E-state index contributed by atoms with van der Waals surface area (Å²) in [5.41, 5.74) is 0. The zero-order chi connectivity index (χ0) is 23.3. The molecule has 0 bridgehead atoms. The van der Waals surface area contributed by atoms with Crippen molar-refractivity contribution < 1.29 is 27.0 Å². The Morgan fingerprint density at radius 3 is 1.27 bits per heavy atom. The summed E-state index contributed by atoms with van der Waals surface area (Å²) in [5.74, 6) is 0. The van der Waals surface area contributed by atoms with Crippen LogP contribution in [0, 0.1) is 0 Å². The van der Waals surface area contributed by atoms with Crippen LogP contribution in [0.3, 0.4) is 0 Å². The van der Waals surface area contributed by atoms with Crippen LogP contribution in [0.25, 0.3) is 0 Å². The summed E-state index contributed by atoms with van der Waals surface area (Å²) in [5, 5.41) is 9.85. The number of hydrogen-bond acceptors (Lipinski definition) is 5. The molecule has 0 aliphatic carbocycles. The molecule has 0 fully saturated rings. The Morgan fingerprint density at radius 1 is 0.767 bits per heavy atom. The van der Waals surface area contributed by atoms with E-state index in [2.05, 4.69) is 18.0 Å². The van der Waals surface area contributed by atoms with Crippen molar-refractivity contribution in [3.63, 3.8) is 0 Å². The molecule has 0 aromatic heterocycles. The Labute approximate surface area is 187 Å². The molecule has 0 aromatic carbocycles. The smallest absolute Gasteiger partial charge is 0.217 e. The van der Waals surface area contributed by atoms with Gasteiger partial charge >= 0.3 is 0 Å². The van der Waals surface area contributed by atoms with Crippen molar-refractivity contribution in [2.45, 2.75) is 129 Å². The summed E-state index contributed by atoms with van der Waals surface area (Å²) < 4.78 is 31.1. The fourth-order valence-corrected chi connectivity index (χ4v) is 3.30. The molecule has 0 amide bonds. The second-order valence-electron chi connectivity index (χ2n) is 8.99. The van der Waals surface area contributed by atoms with E-state index in [4.69, 9.17) is 0 Å². The molecule has 0 saturated heterocycles. The molecule has 0 aromatic rings. The topological polar surface area (TPSA) is 86.7 Å². The molecule has 0 heterocycles. The Hall–Kier alpha value is -0.210. The minimum atomic E-state index is -4.41. The van der Waals surface area contributed by atoms with Gasteiger partial charge in [0.15, 0.2) is 0 Å². The fraction of sp³-hybridized carbons (Fsp3) is 1.00. The molecule has 184 valence electrons. The van der Waals surface area contributed by atoms with Gasteiger partial charge in [0.25, 0.3) is 0 Å². The monoisotopic (exact) mass is 453 g/mol. The molecule has 7 heteroatoms. The predicted octanol–water partition coefficient (Wildman–Crippen LogP) is 6.59. The van der Waals surface area contributed by atoms with E-state index in [1.165, 1.54) is 103 Å². The number of nitrogens with zero attached hydrogens (tertiary/aromatic N) is 1. The maximum Gasteiger partial charge on any atom is 0.217 e. The highest BCUT2D eigenvalue weighted by Gasteiger charge is 2.20. The third-order valence-electron chi connectivity index (χ3n) is 5.76. The molecule has 0 radical (unpaired) electrons. The third kappa shape index (κ3) is 27.8. The lowest BCUT2D eigenvalue weighted by atomic mass is 10.0. The lowest BCUT2D eigenvalue weighted by Crippen LogP contribution is -2.43. The van der Waals surface area contributed by atoms with Crippen molar-refractivity contribution in [1.82, 2.24) is 0 Å². The van der Waals surface area contributed by atoms with Gasteiger partial charge in [-0.15, -0.1) is 0 Å². The van der Waals surface area contributed by atoms with E-state index >= 15 is 0 Å². The molecule has 0 saturated carbocycles. The second kappa shape index (κ2) is 20.7. The third-order valence-corrected chi connectivity index (χ3v) is 6.17. The van der Waals surface area contributed by atoms with Gasteiger partial charge in [-0.1, -0.05) is 103 Å². The van der Waals surface area contributed by atoms with Gasteiger partial charge in [-0.3, -0.25) is 4.18 Å². The van der Waals surface area contributed by atoms with Gasteiger partial charge in [-0.05, 0) is 13.3 Å². The minimum absolute atomic E-state index is 0.110. The van der Waals surface area contributed by atoms with E-state index in [0.717, 1.165) is 13.5 Å². The molecule has 1 unspecified atom stereocenters. The standard InChI is InChI=1S/C22H48NO.CH4O4S/c1-5-6-7-8-9-10-11-12-13-14-15-16-17-18-19-20-21-22(2)23(3,4)24;1-5-6(2,3)4/h22,24H,5-21H2,1-4H3;1H3,(H,2,3,4)/q+1;/p-1. The lowest BCUT2D eigenvalue weighted by molar-refractivity contribution is -1.09. The quantitative estimate of drug-likeness (QED) is 0.0784. The first-order chi connectivity index (χ1) is 14.0. The summed E-state index contributed by atoms with van der Waals surface area (Å²) in [7, 11) is 0.140. The summed E-state index contributed by atoms with van der Waals surface area (Å²) in [6, 6.07) is 0.358. The van der Waals surface area contributed by atoms with Crippen LogP contribution in [0.15, 0.2) is 0 Å². The molecule has 1 atom stereocenters. The molecule has 1 N–H and O–H groups in total. The van der Waals surface area contributed by atoms with Crippen molar-refractivity contribution in [2.75, 3.05) is 21.2 Å².